The Kier molecular flexibility index (Phi) is 5.83. The van der Waals surface area contributed by atoms with Gasteiger partial charge in [0, 0.05) is 13.2 Å². The minimum atomic E-state index is -0.350. The van der Waals surface area contributed by atoms with Crippen LogP contribution in [0, 0.1) is 12.3 Å². The topological polar surface area (TPSA) is 50.4 Å². The zero-order valence-corrected chi connectivity index (χ0v) is 8.92. The second-order valence-electron chi connectivity index (χ2n) is 3.57. The average molecular weight is 210 g/mol. The van der Waals surface area contributed by atoms with Gasteiger partial charge in [0.1, 0.15) is 0 Å². The summed E-state index contributed by atoms with van der Waals surface area (Å²) in [4.78, 5) is 10.7. The van der Waals surface area contributed by atoms with Crippen molar-refractivity contribution in [2.45, 2.75) is 25.4 Å². The Hall–Kier alpha value is -1.05. The van der Waals surface area contributed by atoms with Crippen LogP contribution in [0.2, 0.25) is 0 Å². The molecular formula is C11H18N2O2. The molecule has 0 spiro atoms. The summed E-state index contributed by atoms with van der Waals surface area (Å²) in [6.45, 7) is 3.36. The summed E-state index contributed by atoms with van der Waals surface area (Å²) in [6, 6.07) is 0. The zero-order chi connectivity index (χ0) is 10.9. The van der Waals surface area contributed by atoms with Crippen molar-refractivity contribution in [1.82, 2.24) is 10.6 Å². The number of hydrogen-bond donors (Lipinski definition) is 2. The molecule has 1 fully saturated rings. The summed E-state index contributed by atoms with van der Waals surface area (Å²) in [6.07, 6.45) is 8.26. The largest absolute Gasteiger partial charge is 0.378 e. The molecule has 0 aromatic carbocycles. The van der Waals surface area contributed by atoms with Crippen molar-refractivity contribution in [3.8, 4) is 12.3 Å². The standard InChI is InChI=1S/C11H18N2O2/c1-2-11(14)13-6-3-9-15-10-4-7-12-8-5-10/h1,10,12H,3-9H2,(H,13,14). The van der Waals surface area contributed by atoms with Gasteiger partial charge in [-0.1, -0.05) is 0 Å². The molecule has 0 aromatic heterocycles. The van der Waals surface area contributed by atoms with Gasteiger partial charge in [-0.15, -0.1) is 6.42 Å². The van der Waals surface area contributed by atoms with E-state index in [0.29, 0.717) is 19.3 Å². The Labute approximate surface area is 90.8 Å². The van der Waals surface area contributed by atoms with Crippen LogP contribution in [-0.4, -0.2) is 38.3 Å². The van der Waals surface area contributed by atoms with E-state index in [9.17, 15) is 4.79 Å². The number of piperidine rings is 1. The lowest BCUT2D eigenvalue weighted by atomic mass is 10.1. The maximum absolute atomic E-state index is 10.7. The number of ether oxygens (including phenoxy) is 1. The summed E-state index contributed by atoms with van der Waals surface area (Å²) in [5.74, 6) is 1.66. The smallest absolute Gasteiger partial charge is 0.295 e. The average Bonchev–Trinajstić information content (AvgIpc) is 2.29. The molecular weight excluding hydrogens is 192 g/mol. The molecule has 0 radical (unpaired) electrons. The van der Waals surface area contributed by atoms with E-state index in [4.69, 9.17) is 11.2 Å². The van der Waals surface area contributed by atoms with Gasteiger partial charge in [-0.25, -0.2) is 0 Å². The van der Waals surface area contributed by atoms with Crippen molar-refractivity contribution in [2.24, 2.45) is 0 Å². The number of carbonyl (C=O) groups is 1. The van der Waals surface area contributed by atoms with Crippen LogP contribution >= 0.6 is 0 Å². The fourth-order valence-electron chi connectivity index (χ4n) is 1.54. The molecule has 0 aromatic rings. The highest BCUT2D eigenvalue weighted by Crippen LogP contribution is 2.06. The predicted octanol–water partition coefficient (Wildman–Crippen LogP) is -0.105. The molecule has 84 valence electrons. The molecule has 15 heavy (non-hydrogen) atoms. The summed E-state index contributed by atoms with van der Waals surface area (Å²) >= 11 is 0. The summed E-state index contributed by atoms with van der Waals surface area (Å²) in [5, 5.41) is 5.88. The molecule has 0 bridgehead atoms. The van der Waals surface area contributed by atoms with Crippen molar-refractivity contribution in [3.05, 3.63) is 0 Å². The molecule has 1 aliphatic rings. The second kappa shape index (κ2) is 7.27. The Morgan fingerprint density at radius 1 is 1.53 bits per heavy atom. The molecule has 2 N–H and O–H groups in total. The van der Waals surface area contributed by atoms with Gasteiger partial charge in [0.2, 0.25) is 0 Å². The van der Waals surface area contributed by atoms with Crippen molar-refractivity contribution < 1.29 is 9.53 Å². The lowest BCUT2D eigenvalue weighted by molar-refractivity contribution is -0.115. The molecule has 1 rings (SSSR count). The van der Waals surface area contributed by atoms with Gasteiger partial charge < -0.3 is 15.4 Å². The van der Waals surface area contributed by atoms with Crippen LogP contribution in [0.5, 0.6) is 0 Å². The third kappa shape index (κ3) is 5.40. The van der Waals surface area contributed by atoms with Crippen molar-refractivity contribution in [2.75, 3.05) is 26.2 Å². The van der Waals surface area contributed by atoms with Gasteiger partial charge in [0.05, 0.1) is 6.10 Å². The highest BCUT2D eigenvalue weighted by molar-refractivity contribution is 5.92. The van der Waals surface area contributed by atoms with E-state index in [2.05, 4.69) is 10.6 Å². The first-order valence-electron chi connectivity index (χ1n) is 5.39. The minimum absolute atomic E-state index is 0.350. The monoisotopic (exact) mass is 210 g/mol. The van der Waals surface area contributed by atoms with E-state index in [-0.39, 0.29) is 5.91 Å². The number of hydrogen-bond acceptors (Lipinski definition) is 3. The Balaban J connectivity index is 1.92. The minimum Gasteiger partial charge on any atom is -0.378 e. The van der Waals surface area contributed by atoms with Crippen LogP contribution < -0.4 is 10.6 Å². The van der Waals surface area contributed by atoms with E-state index in [1.165, 1.54) is 0 Å². The maximum atomic E-state index is 10.7. The first-order valence-corrected chi connectivity index (χ1v) is 5.39. The van der Waals surface area contributed by atoms with E-state index in [0.717, 1.165) is 32.4 Å². The van der Waals surface area contributed by atoms with E-state index in [1.54, 1.807) is 0 Å². The third-order valence-electron chi connectivity index (χ3n) is 2.38. The molecule has 1 amide bonds. The summed E-state index contributed by atoms with van der Waals surface area (Å²) in [7, 11) is 0. The molecule has 1 aliphatic heterocycles. The van der Waals surface area contributed by atoms with Crippen LogP contribution in [0.1, 0.15) is 19.3 Å². The lowest BCUT2D eigenvalue weighted by Crippen LogP contribution is -2.33. The van der Waals surface area contributed by atoms with Crippen molar-refractivity contribution in [1.29, 1.82) is 0 Å². The number of nitrogens with one attached hydrogen (secondary N) is 2. The Morgan fingerprint density at radius 3 is 2.93 bits per heavy atom. The zero-order valence-electron chi connectivity index (χ0n) is 8.92. The Bertz CT molecular complexity index is 229. The summed E-state index contributed by atoms with van der Waals surface area (Å²) < 4.78 is 5.66. The SMILES string of the molecule is C#CC(=O)NCCCOC1CCNCC1. The second-order valence-corrected chi connectivity index (χ2v) is 3.57. The number of terminal acetylenes is 1. The van der Waals surface area contributed by atoms with Crippen molar-refractivity contribution in [3.63, 3.8) is 0 Å². The van der Waals surface area contributed by atoms with E-state index in [1.807, 2.05) is 5.92 Å². The third-order valence-corrected chi connectivity index (χ3v) is 2.38. The number of amides is 1. The first-order chi connectivity index (χ1) is 7.33. The fraction of sp³-hybridized carbons (Fsp3) is 0.727. The van der Waals surface area contributed by atoms with Crippen LogP contribution in [0.4, 0.5) is 0 Å². The van der Waals surface area contributed by atoms with Gasteiger partial charge in [-0.2, -0.15) is 0 Å². The van der Waals surface area contributed by atoms with Crippen LogP contribution in [-0.2, 0) is 9.53 Å². The van der Waals surface area contributed by atoms with Crippen LogP contribution in [0.25, 0.3) is 0 Å². The van der Waals surface area contributed by atoms with E-state index >= 15 is 0 Å². The van der Waals surface area contributed by atoms with Gasteiger partial charge in [-0.05, 0) is 38.3 Å². The van der Waals surface area contributed by atoms with Gasteiger partial charge in [0.15, 0.2) is 0 Å². The molecule has 4 heteroatoms. The first kappa shape index (κ1) is 12.0. The lowest BCUT2D eigenvalue weighted by Gasteiger charge is -2.22. The molecule has 0 aliphatic carbocycles. The van der Waals surface area contributed by atoms with E-state index < -0.39 is 0 Å². The Morgan fingerprint density at radius 2 is 2.27 bits per heavy atom. The van der Waals surface area contributed by atoms with Crippen LogP contribution in [0.3, 0.4) is 0 Å². The van der Waals surface area contributed by atoms with Gasteiger partial charge in [-0.3, -0.25) is 4.79 Å². The van der Waals surface area contributed by atoms with Crippen molar-refractivity contribution >= 4 is 5.91 Å². The normalized spacial score (nSPS) is 17.0. The molecule has 0 atom stereocenters. The molecule has 1 heterocycles. The molecule has 4 nitrogen and oxygen atoms in total. The highest BCUT2D eigenvalue weighted by atomic mass is 16.5. The quantitative estimate of drug-likeness (QED) is 0.492. The number of rotatable bonds is 5. The van der Waals surface area contributed by atoms with Crippen LogP contribution in [0.15, 0.2) is 0 Å². The molecule has 0 unspecified atom stereocenters. The van der Waals surface area contributed by atoms with Gasteiger partial charge >= 0.3 is 0 Å². The maximum Gasteiger partial charge on any atom is 0.295 e. The molecule has 0 saturated carbocycles. The fourth-order valence-corrected chi connectivity index (χ4v) is 1.54. The number of carbonyl (C=O) groups excluding carboxylic acids is 1. The predicted molar refractivity (Wildman–Crippen MR) is 58.3 cm³/mol. The van der Waals surface area contributed by atoms with Gasteiger partial charge in [0.25, 0.3) is 5.91 Å². The highest BCUT2D eigenvalue weighted by Gasteiger charge is 2.12. The summed E-state index contributed by atoms with van der Waals surface area (Å²) in [5.41, 5.74) is 0. The molecule has 1 saturated heterocycles.